The van der Waals surface area contributed by atoms with Gasteiger partial charge in [-0.1, -0.05) is 12.1 Å². The van der Waals surface area contributed by atoms with Gasteiger partial charge >= 0.3 is 6.18 Å². The number of nitrogens with one attached hydrogen (secondary N) is 1. The van der Waals surface area contributed by atoms with Crippen molar-refractivity contribution in [2.24, 2.45) is 0 Å². The summed E-state index contributed by atoms with van der Waals surface area (Å²) in [5.74, 6) is -0.147. The monoisotopic (exact) mass is 503 g/mol. The second-order valence-electron chi connectivity index (χ2n) is 7.78. The summed E-state index contributed by atoms with van der Waals surface area (Å²) in [7, 11) is -0.649. The van der Waals surface area contributed by atoms with Crippen molar-refractivity contribution in [2.75, 3.05) is 11.6 Å². The van der Waals surface area contributed by atoms with Gasteiger partial charge in [0.15, 0.2) is 15.9 Å². The molecule has 0 aliphatic rings. The van der Waals surface area contributed by atoms with E-state index in [2.05, 4.69) is 20.3 Å². The van der Waals surface area contributed by atoms with Crippen molar-refractivity contribution in [1.82, 2.24) is 15.0 Å². The number of hydrogen-bond donors (Lipinski definition) is 2. The zero-order chi connectivity index (χ0) is 24.5. The molecule has 0 bridgehead atoms. The molecular formula is C24H22F3N4OS2+. The number of nitrogens with zero attached hydrogens (tertiary/aromatic N) is 3. The summed E-state index contributed by atoms with van der Waals surface area (Å²) in [6.07, 6.45) is 0.177. The summed E-state index contributed by atoms with van der Waals surface area (Å²) in [6, 6.07) is 14.1. The lowest BCUT2D eigenvalue weighted by Crippen LogP contribution is -2.23. The Morgan fingerprint density at radius 1 is 1.00 bits per heavy atom. The summed E-state index contributed by atoms with van der Waals surface area (Å²) < 4.78 is 39.0. The molecule has 5 nitrogen and oxygen atoms in total. The Bertz CT molecular complexity index is 1300. The van der Waals surface area contributed by atoms with Gasteiger partial charge in [-0.05, 0) is 55.5 Å². The molecule has 2 N–H and O–H groups in total. The Kier molecular flexibility index (Phi) is 6.66. The molecule has 0 aliphatic carbocycles. The van der Waals surface area contributed by atoms with E-state index in [0.717, 1.165) is 33.2 Å². The van der Waals surface area contributed by atoms with Gasteiger partial charge in [0.05, 0.1) is 6.20 Å². The number of thiazole rings is 1. The van der Waals surface area contributed by atoms with Crippen LogP contribution in [0.1, 0.15) is 28.8 Å². The van der Waals surface area contributed by atoms with Gasteiger partial charge < -0.3 is 10.4 Å². The Morgan fingerprint density at radius 2 is 1.74 bits per heavy atom. The number of aromatic nitrogens is 3. The lowest BCUT2D eigenvalue weighted by molar-refractivity contribution is -0.141. The molecule has 4 rings (SSSR count). The Hall–Kier alpha value is -2.95. The summed E-state index contributed by atoms with van der Waals surface area (Å²) in [6.45, 7) is 3.61. The molecule has 0 saturated heterocycles. The van der Waals surface area contributed by atoms with Crippen molar-refractivity contribution in [3.05, 3.63) is 88.1 Å². The van der Waals surface area contributed by atoms with Gasteiger partial charge in [0.25, 0.3) is 5.01 Å². The molecule has 2 heterocycles. The summed E-state index contributed by atoms with van der Waals surface area (Å²) in [5.41, 5.74) is -0.149. The minimum absolute atomic E-state index is 0.147. The highest BCUT2D eigenvalue weighted by atomic mass is 32.2. The summed E-state index contributed by atoms with van der Waals surface area (Å²) >= 11 is 1.62. The van der Waals surface area contributed by atoms with Crippen LogP contribution in [-0.2, 0) is 11.8 Å². The van der Waals surface area contributed by atoms with E-state index < -0.39 is 27.9 Å². The second-order valence-corrected chi connectivity index (χ2v) is 10.5. The molecule has 0 amide bonds. The minimum Gasteiger partial charge on any atom is -0.374 e. The predicted molar refractivity (Wildman–Crippen MR) is 130 cm³/mol. The standard InChI is InChI=1S/C24H22F3N4OS2/c1-15-12-17(30-22-29-9-8-20(31-22)24(25,26)27)14-19(13-15)34-11-10-28-21(34)23(2,32)16-4-6-18(33-3)7-5-16/h4-14,32H,1-3H3,(H,29,30,31)/q+1. The van der Waals surface area contributed by atoms with Gasteiger partial charge in [0, 0.05) is 39.4 Å². The van der Waals surface area contributed by atoms with Gasteiger partial charge in [0.1, 0.15) is 5.69 Å². The van der Waals surface area contributed by atoms with Gasteiger partial charge in [-0.3, -0.25) is 0 Å². The van der Waals surface area contributed by atoms with Crippen molar-refractivity contribution in [2.45, 2.75) is 30.5 Å². The van der Waals surface area contributed by atoms with E-state index in [0.29, 0.717) is 10.7 Å². The molecule has 0 radical (unpaired) electrons. The summed E-state index contributed by atoms with van der Waals surface area (Å²) in [4.78, 5) is 13.9. The van der Waals surface area contributed by atoms with Gasteiger partial charge in [-0.15, -0.1) is 11.8 Å². The topological polar surface area (TPSA) is 70.9 Å². The molecule has 4 aromatic rings. The fourth-order valence-corrected chi connectivity index (χ4v) is 5.89. The van der Waals surface area contributed by atoms with E-state index in [1.54, 1.807) is 30.9 Å². The van der Waals surface area contributed by atoms with E-state index in [1.165, 1.54) is 0 Å². The fraction of sp³-hybridized carbons (Fsp3) is 0.208. The highest BCUT2D eigenvalue weighted by molar-refractivity contribution is 7.98. The van der Waals surface area contributed by atoms with Crippen LogP contribution in [0, 0.1) is 6.92 Å². The third kappa shape index (κ3) is 5.08. The largest absolute Gasteiger partial charge is 0.433 e. The van der Waals surface area contributed by atoms with Crippen LogP contribution in [0.3, 0.4) is 0 Å². The number of rotatable bonds is 6. The van der Waals surface area contributed by atoms with Crippen LogP contribution < -0.4 is 5.32 Å². The Labute approximate surface area is 202 Å². The highest BCUT2D eigenvalue weighted by Gasteiger charge is 2.38. The number of alkyl halides is 3. The molecule has 176 valence electrons. The number of aryl methyl sites for hydroxylation is 1. The molecule has 0 saturated carbocycles. The summed E-state index contributed by atoms with van der Waals surface area (Å²) in [5, 5.41) is 16.8. The van der Waals surface area contributed by atoms with E-state index >= 15 is 0 Å². The number of benzene rings is 2. The van der Waals surface area contributed by atoms with Crippen LogP contribution in [0.2, 0.25) is 0 Å². The third-order valence-corrected chi connectivity index (χ3v) is 7.97. The first-order valence-electron chi connectivity index (χ1n) is 10.2. The smallest absolute Gasteiger partial charge is 0.374 e. The second kappa shape index (κ2) is 9.36. The lowest BCUT2D eigenvalue weighted by atomic mass is 9.97. The quantitative estimate of drug-likeness (QED) is 0.227. The average Bonchev–Trinajstić information content (AvgIpc) is 3.29. The Balaban J connectivity index is 1.69. The minimum atomic E-state index is -4.56. The van der Waals surface area contributed by atoms with Crippen molar-refractivity contribution >= 4 is 33.9 Å². The van der Waals surface area contributed by atoms with Gasteiger partial charge in [0.2, 0.25) is 5.95 Å². The zero-order valence-corrected chi connectivity index (χ0v) is 20.2. The van der Waals surface area contributed by atoms with Crippen LogP contribution in [0.5, 0.6) is 0 Å². The number of thioether (sulfide) groups is 1. The molecule has 10 heteroatoms. The van der Waals surface area contributed by atoms with Gasteiger partial charge in [-0.25, -0.2) is 15.0 Å². The number of halogens is 3. The maximum absolute atomic E-state index is 13.0. The van der Waals surface area contributed by atoms with E-state index in [9.17, 15) is 18.3 Å². The first-order valence-corrected chi connectivity index (χ1v) is 12.7. The zero-order valence-electron chi connectivity index (χ0n) is 18.6. The molecule has 0 fully saturated rings. The highest BCUT2D eigenvalue weighted by Crippen LogP contribution is 2.43. The van der Waals surface area contributed by atoms with Crippen LogP contribution >= 0.6 is 22.2 Å². The van der Waals surface area contributed by atoms with Crippen molar-refractivity contribution in [3.8, 4) is 4.90 Å². The SMILES string of the molecule is CSc1ccc(C(C)(O)c2ncc[s+]2-c2cc(C)cc(Nc3nccc(C(F)(F)F)n3)c2)cc1. The van der Waals surface area contributed by atoms with Crippen molar-refractivity contribution < 1.29 is 18.3 Å². The van der Waals surface area contributed by atoms with Crippen molar-refractivity contribution in [3.63, 3.8) is 0 Å². The van der Waals surface area contributed by atoms with Crippen LogP contribution in [0.15, 0.2) is 71.2 Å². The third-order valence-electron chi connectivity index (χ3n) is 5.17. The molecule has 0 spiro atoms. The molecular weight excluding hydrogens is 481 g/mol. The number of anilines is 2. The normalized spacial score (nSPS) is 14.0. The van der Waals surface area contributed by atoms with Crippen LogP contribution in [0.4, 0.5) is 24.8 Å². The van der Waals surface area contributed by atoms with Crippen LogP contribution in [0.25, 0.3) is 4.90 Å². The Morgan fingerprint density at radius 3 is 2.41 bits per heavy atom. The van der Waals surface area contributed by atoms with Crippen molar-refractivity contribution in [1.29, 1.82) is 0 Å². The molecule has 2 atom stereocenters. The maximum Gasteiger partial charge on any atom is 0.433 e. The van der Waals surface area contributed by atoms with E-state index in [1.807, 2.05) is 55.0 Å². The molecule has 2 unspecified atom stereocenters. The van der Waals surface area contributed by atoms with Gasteiger partial charge in [-0.2, -0.15) is 13.2 Å². The average molecular weight is 504 g/mol. The molecule has 0 aliphatic heterocycles. The maximum atomic E-state index is 13.0. The number of aliphatic hydroxyl groups is 1. The molecule has 34 heavy (non-hydrogen) atoms. The first kappa shape index (κ1) is 24.2. The van der Waals surface area contributed by atoms with Crippen LogP contribution in [-0.4, -0.2) is 26.3 Å². The fourth-order valence-electron chi connectivity index (χ4n) is 3.50. The predicted octanol–water partition coefficient (Wildman–Crippen LogP) is 6.66. The lowest BCUT2D eigenvalue weighted by Gasteiger charge is -2.19. The van der Waals surface area contributed by atoms with E-state index in [4.69, 9.17) is 0 Å². The molecule has 2 aromatic carbocycles. The molecule has 2 aromatic heterocycles. The first-order chi connectivity index (χ1) is 16.1. The van der Waals surface area contributed by atoms with E-state index in [-0.39, 0.29) is 5.95 Å². The number of hydrogen-bond acceptors (Lipinski definition) is 6.